The van der Waals surface area contributed by atoms with E-state index in [9.17, 15) is 5.11 Å². The molecule has 1 aromatic heterocycles. The van der Waals surface area contributed by atoms with E-state index in [1.165, 1.54) is 11.8 Å². The quantitative estimate of drug-likeness (QED) is 0.622. The van der Waals surface area contributed by atoms with Crippen molar-refractivity contribution in [2.45, 2.75) is 30.5 Å². The lowest BCUT2D eigenvalue weighted by Gasteiger charge is -2.35. The monoisotopic (exact) mass is 254 g/mol. The van der Waals surface area contributed by atoms with Gasteiger partial charge in [-0.2, -0.15) is 0 Å². The largest absolute Gasteiger partial charge is 0.394 e. The molecular weight excluding hydrogens is 236 g/mol. The fourth-order valence-electron chi connectivity index (χ4n) is 2.16. The number of hydrogen-bond donors (Lipinski definition) is 2. The highest BCUT2D eigenvalue weighted by Crippen LogP contribution is 2.25. The predicted octanol–water partition coefficient (Wildman–Crippen LogP) is 1.13. The van der Waals surface area contributed by atoms with Crippen molar-refractivity contribution in [3.8, 4) is 0 Å². The van der Waals surface area contributed by atoms with E-state index >= 15 is 0 Å². The summed E-state index contributed by atoms with van der Waals surface area (Å²) in [6.45, 7) is 1.09. The van der Waals surface area contributed by atoms with Crippen LogP contribution in [0.1, 0.15) is 19.3 Å². The van der Waals surface area contributed by atoms with Crippen LogP contribution in [0.3, 0.4) is 0 Å². The number of aliphatic hydroxyl groups excluding tert-OH is 1. The summed E-state index contributed by atoms with van der Waals surface area (Å²) < 4.78 is 0. The summed E-state index contributed by atoms with van der Waals surface area (Å²) >= 11 is 1.48. The third-order valence-electron chi connectivity index (χ3n) is 3.03. The minimum absolute atomic E-state index is 0.160. The number of nitrogens with two attached hydrogens (primary N) is 1. The zero-order valence-electron chi connectivity index (χ0n) is 9.96. The van der Waals surface area contributed by atoms with Gasteiger partial charge in [0, 0.05) is 12.6 Å². The van der Waals surface area contributed by atoms with Gasteiger partial charge in [-0.3, -0.25) is 0 Å². The van der Waals surface area contributed by atoms with Crippen LogP contribution in [0, 0.1) is 0 Å². The number of nitrogen functional groups attached to an aromatic ring is 1. The molecule has 0 radical (unpaired) electrons. The molecule has 17 heavy (non-hydrogen) atoms. The van der Waals surface area contributed by atoms with E-state index in [1.807, 2.05) is 6.26 Å². The van der Waals surface area contributed by atoms with Gasteiger partial charge in [0.25, 0.3) is 0 Å². The fraction of sp³-hybridized carbons (Fsp3) is 0.636. The molecule has 5 nitrogen and oxygen atoms in total. The smallest absolute Gasteiger partial charge is 0.191 e. The SMILES string of the molecule is CSc1nc(N)cc(N2CCCCC2CO)n1. The molecule has 0 spiro atoms. The Balaban J connectivity index is 2.27. The van der Waals surface area contributed by atoms with E-state index in [2.05, 4.69) is 14.9 Å². The number of thioether (sulfide) groups is 1. The lowest BCUT2D eigenvalue weighted by atomic mass is 10.0. The summed E-state index contributed by atoms with van der Waals surface area (Å²) in [6.07, 6.45) is 5.24. The fourth-order valence-corrected chi connectivity index (χ4v) is 2.54. The number of nitrogens with zero attached hydrogens (tertiary/aromatic N) is 3. The Bertz CT molecular complexity index is 388. The molecule has 1 saturated heterocycles. The molecule has 94 valence electrons. The van der Waals surface area contributed by atoms with Crippen molar-refractivity contribution in [1.82, 2.24) is 9.97 Å². The van der Waals surface area contributed by atoms with Crippen LogP contribution in [-0.4, -0.2) is 40.5 Å². The first kappa shape index (κ1) is 12.4. The zero-order valence-corrected chi connectivity index (χ0v) is 10.8. The van der Waals surface area contributed by atoms with E-state index < -0.39 is 0 Å². The van der Waals surface area contributed by atoms with Gasteiger partial charge < -0.3 is 15.7 Å². The van der Waals surface area contributed by atoms with Gasteiger partial charge in [0.15, 0.2) is 5.16 Å². The second-order valence-corrected chi connectivity index (χ2v) is 4.94. The molecular formula is C11H18N4OS. The molecule has 0 aliphatic carbocycles. The Labute approximate surface area is 105 Å². The number of hydrogen-bond acceptors (Lipinski definition) is 6. The highest BCUT2D eigenvalue weighted by Gasteiger charge is 2.23. The molecule has 2 rings (SSSR count). The van der Waals surface area contributed by atoms with Crippen LogP contribution in [0.2, 0.25) is 0 Å². The molecule has 1 aromatic rings. The summed E-state index contributed by atoms with van der Waals surface area (Å²) in [6, 6.07) is 1.95. The van der Waals surface area contributed by atoms with E-state index in [0.717, 1.165) is 31.6 Å². The van der Waals surface area contributed by atoms with Crippen LogP contribution >= 0.6 is 11.8 Å². The van der Waals surface area contributed by atoms with E-state index in [1.54, 1.807) is 6.07 Å². The third-order valence-corrected chi connectivity index (χ3v) is 3.57. The van der Waals surface area contributed by atoms with Crippen molar-refractivity contribution in [2.24, 2.45) is 0 Å². The standard InChI is InChI=1S/C11H18N4OS/c1-17-11-13-9(12)6-10(14-11)15-5-3-2-4-8(15)7-16/h6,8,16H,2-5,7H2,1H3,(H2,12,13,14). The Morgan fingerprint density at radius 3 is 3.06 bits per heavy atom. The lowest BCUT2D eigenvalue weighted by Crippen LogP contribution is -2.42. The van der Waals surface area contributed by atoms with Gasteiger partial charge in [-0.1, -0.05) is 11.8 Å². The Hall–Kier alpha value is -1.01. The molecule has 1 atom stereocenters. The number of piperidine rings is 1. The molecule has 0 saturated carbocycles. The molecule has 1 fully saturated rings. The minimum Gasteiger partial charge on any atom is -0.394 e. The second kappa shape index (κ2) is 5.55. The molecule has 0 amide bonds. The highest BCUT2D eigenvalue weighted by molar-refractivity contribution is 7.98. The first-order valence-corrected chi connectivity index (χ1v) is 7.03. The van der Waals surface area contributed by atoms with Gasteiger partial charge in [0.05, 0.1) is 12.6 Å². The average Bonchev–Trinajstić information content (AvgIpc) is 2.37. The maximum atomic E-state index is 9.40. The second-order valence-electron chi connectivity index (χ2n) is 4.16. The molecule has 0 bridgehead atoms. The molecule has 1 aliphatic rings. The van der Waals surface area contributed by atoms with Crippen molar-refractivity contribution in [3.05, 3.63) is 6.07 Å². The molecule has 6 heteroatoms. The maximum Gasteiger partial charge on any atom is 0.191 e. The van der Waals surface area contributed by atoms with Gasteiger partial charge in [0.1, 0.15) is 11.6 Å². The number of anilines is 2. The molecule has 1 aliphatic heterocycles. The Morgan fingerprint density at radius 1 is 1.53 bits per heavy atom. The van der Waals surface area contributed by atoms with Crippen molar-refractivity contribution in [1.29, 1.82) is 0 Å². The van der Waals surface area contributed by atoms with Crippen molar-refractivity contribution < 1.29 is 5.11 Å². The number of rotatable bonds is 3. The summed E-state index contributed by atoms with van der Waals surface area (Å²) in [5.74, 6) is 1.32. The molecule has 1 unspecified atom stereocenters. The van der Waals surface area contributed by atoms with Crippen LogP contribution in [0.15, 0.2) is 11.2 Å². The highest BCUT2D eigenvalue weighted by atomic mass is 32.2. The van der Waals surface area contributed by atoms with Crippen LogP contribution in [0.4, 0.5) is 11.6 Å². The zero-order chi connectivity index (χ0) is 12.3. The van der Waals surface area contributed by atoms with Crippen LogP contribution in [-0.2, 0) is 0 Å². The summed E-state index contributed by atoms with van der Waals surface area (Å²) in [5.41, 5.74) is 5.77. The molecule has 3 N–H and O–H groups in total. The Kier molecular flexibility index (Phi) is 4.06. The van der Waals surface area contributed by atoms with Crippen molar-refractivity contribution in [3.63, 3.8) is 0 Å². The maximum absolute atomic E-state index is 9.40. The van der Waals surface area contributed by atoms with Gasteiger partial charge in [-0.05, 0) is 25.5 Å². The van der Waals surface area contributed by atoms with Crippen LogP contribution in [0.5, 0.6) is 0 Å². The van der Waals surface area contributed by atoms with Crippen molar-refractivity contribution >= 4 is 23.4 Å². The summed E-state index contributed by atoms with van der Waals surface area (Å²) in [4.78, 5) is 10.7. The molecule has 0 aromatic carbocycles. The first-order valence-electron chi connectivity index (χ1n) is 5.80. The first-order chi connectivity index (χ1) is 8.24. The Morgan fingerprint density at radius 2 is 2.35 bits per heavy atom. The predicted molar refractivity (Wildman–Crippen MR) is 70.3 cm³/mol. The average molecular weight is 254 g/mol. The third kappa shape index (κ3) is 2.81. The van der Waals surface area contributed by atoms with Gasteiger partial charge in [0.2, 0.25) is 0 Å². The van der Waals surface area contributed by atoms with E-state index in [0.29, 0.717) is 11.0 Å². The van der Waals surface area contributed by atoms with Crippen molar-refractivity contribution in [2.75, 3.05) is 30.0 Å². The van der Waals surface area contributed by atoms with E-state index in [4.69, 9.17) is 5.73 Å². The van der Waals surface area contributed by atoms with Gasteiger partial charge >= 0.3 is 0 Å². The van der Waals surface area contributed by atoms with Crippen LogP contribution in [0.25, 0.3) is 0 Å². The summed E-state index contributed by atoms with van der Waals surface area (Å²) in [7, 11) is 0. The normalized spacial score (nSPS) is 20.6. The molecule has 2 heterocycles. The summed E-state index contributed by atoms with van der Waals surface area (Å²) in [5, 5.41) is 10.1. The minimum atomic E-state index is 0.160. The van der Waals surface area contributed by atoms with Gasteiger partial charge in [-0.25, -0.2) is 9.97 Å². The number of aliphatic hydroxyl groups is 1. The van der Waals surface area contributed by atoms with Gasteiger partial charge in [-0.15, -0.1) is 0 Å². The number of aromatic nitrogens is 2. The lowest BCUT2D eigenvalue weighted by molar-refractivity contribution is 0.239. The van der Waals surface area contributed by atoms with Crippen LogP contribution < -0.4 is 10.6 Å². The topological polar surface area (TPSA) is 75.3 Å². The van der Waals surface area contributed by atoms with E-state index in [-0.39, 0.29) is 12.6 Å².